The summed E-state index contributed by atoms with van der Waals surface area (Å²) in [5.41, 5.74) is 0.138. The Hall–Kier alpha value is -2.70. The number of azo groups is 1. The Morgan fingerprint density at radius 2 is 1.79 bits per heavy atom. The number of benzene rings is 4. The molecule has 9 nitrogen and oxygen atoms in total. The van der Waals surface area contributed by atoms with Gasteiger partial charge in [-0.05, 0) is 49.1 Å². The van der Waals surface area contributed by atoms with Crippen LogP contribution in [0.2, 0.25) is 10.0 Å². The number of nitrogens with zero attached hydrogens (tertiary/aromatic N) is 2. The van der Waals surface area contributed by atoms with Crippen LogP contribution in [0, 0.1) is 6.92 Å². The van der Waals surface area contributed by atoms with E-state index in [0.29, 0.717) is 33.8 Å². The van der Waals surface area contributed by atoms with Crippen molar-refractivity contribution >= 4 is 67.1 Å². The Morgan fingerprint density at radius 1 is 1.08 bits per heavy atom. The van der Waals surface area contributed by atoms with Gasteiger partial charge in [0.05, 0.1) is 22.3 Å². The van der Waals surface area contributed by atoms with E-state index in [9.17, 15) is 22.9 Å². The van der Waals surface area contributed by atoms with Crippen molar-refractivity contribution in [2.45, 2.75) is 18.7 Å². The molecular weight excluding hydrogens is 576 g/mol. The zero-order valence-corrected chi connectivity index (χ0v) is 25.4. The molecule has 0 saturated heterocycles. The SMILES string of the molecule is CCOc1cc(NC(=O)c2cc3ccccc3c(N=Nc3ccc(C)c(S(=O)(=O)O)c3Cl)c2[O-])ccc1Cl.[Na+]. The van der Waals surface area contributed by atoms with E-state index >= 15 is 0 Å². The van der Waals surface area contributed by atoms with Crippen molar-refractivity contribution < 1.29 is 57.2 Å². The standard InChI is InChI=1S/C26H21Cl2N3O6S.Na/c1-3-37-21-13-16(9-10-19(21)27)29-26(33)18-12-15-6-4-5-7-17(15)23(24(18)32)31-30-20-11-8-14(2)25(22(20)28)38(34,35)36;/h4-13,32H,3H2,1-2H3,(H,29,33)(H,34,35,36);/q;+1/p-1. The van der Waals surface area contributed by atoms with Crippen LogP contribution in [0.1, 0.15) is 22.8 Å². The van der Waals surface area contributed by atoms with Crippen molar-refractivity contribution in [3.8, 4) is 11.5 Å². The number of hydrogen-bond donors (Lipinski definition) is 2. The maximum atomic E-state index is 13.4. The second kappa shape index (κ2) is 12.6. The minimum atomic E-state index is -4.64. The van der Waals surface area contributed by atoms with E-state index in [2.05, 4.69) is 15.5 Å². The number of anilines is 1. The Kier molecular flexibility index (Phi) is 10.0. The first kappa shape index (κ1) is 30.8. The summed E-state index contributed by atoms with van der Waals surface area (Å²) in [6.07, 6.45) is 0. The maximum absolute atomic E-state index is 13.4. The van der Waals surface area contributed by atoms with Gasteiger partial charge in [0, 0.05) is 22.7 Å². The van der Waals surface area contributed by atoms with Crippen LogP contribution in [-0.2, 0) is 10.1 Å². The second-order valence-corrected chi connectivity index (χ2v) is 10.2. The van der Waals surface area contributed by atoms with E-state index in [4.69, 9.17) is 27.9 Å². The summed E-state index contributed by atoms with van der Waals surface area (Å²) in [7, 11) is -4.64. The molecule has 0 atom stereocenters. The molecular formula is C26H20Cl2N3NaO6S. The van der Waals surface area contributed by atoms with Crippen molar-refractivity contribution in [2.75, 3.05) is 11.9 Å². The van der Waals surface area contributed by atoms with Gasteiger partial charge >= 0.3 is 29.6 Å². The first-order valence-corrected chi connectivity index (χ1v) is 13.4. The topological polar surface area (TPSA) is 140 Å². The number of aryl methyl sites for hydroxylation is 1. The summed E-state index contributed by atoms with van der Waals surface area (Å²) < 4.78 is 38.5. The van der Waals surface area contributed by atoms with Gasteiger partial charge in [-0.1, -0.05) is 59.3 Å². The number of hydrogen-bond acceptors (Lipinski definition) is 7. The molecule has 1 amide bonds. The molecule has 2 N–H and O–H groups in total. The number of fused-ring (bicyclic) bond motifs is 1. The van der Waals surface area contributed by atoms with Gasteiger partial charge in [-0.3, -0.25) is 9.35 Å². The first-order chi connectivity index (χ1) is 18.0. The van der Waals surface area contributed by atoms with Crippen LogP contribution in [0.3, 0.4) is 0 Å². The zero-order valence-electron chi connectivity index (χ0n) is 21.0. The molecule has 13 heteroatoms. The van der Waals surface area contributed by atoms with Crippen LogP contribution in [0.4, 0.5) is 17.1 Å². The molecule has 0 fully saturated rings. The van der Waals surface area contributed by atoms with Crippen molar-refractivity contribution in [3.63, 3.8) is 0 Å². The summed E-state index contributed by atoms with van der Waals surface area (Å²) in [4.78, 5) is 12.6. The summed E-state index contributed by atoms with van der Waals surface area (Å²) in [6, 6.07) is 15.7. The summed E-state index contributed by atoms with van der Waals surface area (Å²) in [5, 5.41) is 25.1. The van der Waals surface area contributed by atoms with Gasteiger partial charge in [0.1, 0.15) is 16.3 Å². The van der Waals surface area contributed by atoms with Crippen LogP contribution >= 0.6 is 23.2 Å². The number of nitrogens with one attached hydrogen (secondary N) is 1. The maximum Gasteiger partial charge on any atom is 1.00 e. The Labute approximate surface area is 256 Å². The Morgan fingerprint density at radius 3 is 2.49 bits per heavy atom. The number of rotatable bonds is 7. The third kappa shape index (κ3) is 6.72. The van der Waals surface area contributed by atoms with Crippen molar-refractivity contribution in [2.24, 2.45) is 10.2 Å². The van der Waals surface area contributed by atoms with Gasteiger partial charge in [0.15, 0.2) is 0 Å². The van der Waals surface area contributed by atoms with E-state index in [1.807, 2.05) is 0 Å². The molecule has 0 aliphatic heterocycles. The summed E-state index contributed by atoms with van der Waals surface area (Å²) >= 11 is 12.3. The molecule has 0 unspecified atom stereocenters. The monoisotopic (exact) mass is 595 g/mol. The fraction of sp³-hybridized carbons (Fsp3) is 0.115. The molecule has 39 heavy (non-hydrogen) atoms. The first-order valence-electron chi connectivity index (χ1n) is 11.2. The molecule has 0 aromatic heterocycles. The van der Waals surface area contributed by atoms with Crippen molar-refractivity contribution in [1.29, 1.82) is 0 Å². The number of amides is 1. The van der Waals surface area contributed by atoms with E-state index in [1.54, 1.807) is 49.4 Å². The fourth-order valence-corrected chi connectivity index (χ4v) is 5.28. The molecule has 4 rings (SSSR count). The molecule has 4 aromatic rings. The van der Waals surface area contributed by atoms with Crippen LogP contribution < -0.4 is 44.7 Å². The third-order valence-electron chi connectivity index (χ3n) is 5.50. The fourth-order valence-electron chi connectivity index (χ4n) is 3.76. The molecule has 0 aliphatic rings. The Bertz CT molecular complexity index is 1710. The largest absolute Gasteiger partial charge is 1.00 e. The van der Waals surface area contributed by atoms with Gasteiger partial charge in [0.25, 0.3) is 16.0 Å². The minimum Gasteiger partial charge on any atom is -0.870 e. The van der Waals surface area contributed by atoms with Crippen LogP contribution in [0.15, 0.2) is 75.8 Å². The van der Waals surface area contributed by atoms with Crippen LogP contribution in [0.25, 0.3) is 10.8 Å². The molecule has 0 heterocycles. The molecule has 0 spiro atoms. The third-order valence-corrected chi connectivity index (χ3v) is 7.35. The number of carbonyl (C=O) groups excluding carboxylic acids is 1. The smallest absolute Gasteiger partial charge is 0.870 e. The van der Waals surface area contributed by atoms with Crippen molar-refractivity contribution in [3.05, 3.63) is 81.8 Å². The molecule has 0 radical (unpaired) electrons. The number of carbonyl (C=O) groups is 1. The van der Waals surface area contributed by atoms with E-state index < -0.39 is 26.7 Å². The summed E-state index contributed by atoms with van der Waals surface area (Å²) in [5.74, 6) is -1.02. The normalized spacial score (nSPS) is 11.4. The number of halogens is 2. The average molecular weight is 596 g/mol. The number of ether oxygens (including phenoxy) is 1. The van der Waals surface area contributed by atoms with Gasteiger partial charge in [-0.15, -0.1) is 5.11 Å². The predicted molar refractivity (Wildman–Crippen MR) is 144 cm³/mol. The average Bonchev–Trinajstić information content (AvgIpc) is 2.85. The van der Waals surface area contributed by atoms with Gasteiger partial charge in [0.2, 0.25) is 0 Å². The molecule has 196 valence electrons. The quantitative estimate of drug-likeness (QED) is 0.189. The zero-order chi connectivity index (χ0) is 27.6. The second-order valence-electron chi connectivity index (χ2n) is 8.08. The minimum absolute atomic E-state index is 0. The Balaban J connectivity index is 0.00000420. The van der Waals surface area contributed by atoms with E-state index in [0.717, 1.165) is 0 Å². The van der Waals surface area contributed by atoms with E-state index in [-0.39, 0.29) is 57.1 Å². The van der Waals surface area contributed by atoms with Crippen LogP contribution in [0.5, 0.6) is 11.5 Å². The van der Waals surface area contributed by atoms with Gasteiger partial charge in [-0.2, -0.15) is 13.5 Å². The molecule has 0 aliphatic carbocycles. The molecule has 0 bridgehead atoms. The van der Waals surface area contributed by atoms with Crippen LogP contribution in [-0.4, -0.2) is 25.5 Å². The predicted octanol–water partition coefficient (Wildman–Crippen LogP) is 3.85. The van der Waals surface area contributed by atoms with Gasteiger partial charge in [-0.25, -0.2) is 0 Å². The summed E-state index contributed by atoms with van der Waals surface area (Å²) in [6.45, 7) is 3.63. The molecule has 4 aromatic carbocycles. The van der Waals surface area contributed by atoms with Gasteiger partial charge < -0.3 is 15.2 Å². The van der Waals surface area contributed by atoms with Crippen molar-refractivity contribution in [1.82, 2.24) is 0 Å². The van der Waals surface area contributed by atoms with E-state index in [1.165, 1.54) is 25.1 Å². The molecule has 0 saturated carbocycles.